The molecule has 0 radical (unpaired) electrons. The van der Waals surface area contributed by atoms with Crippen molar-refractivity contribution in [2.24, 2.45) is 0 Å². The van der Waals surface area contributed by atoms with Crippen LogP contribution < -0.4 is 4.74 Å². The second-order valence-corrected chi connectivity index (χ2v) is 3.54. The number of rotatable bonds is 3. The molecule has 0 N–H and O–H groups in total. The van der Waals surface area contributed by atoms with Gasteiger partial charge < -0.3 is 9.47 Å². The first kappa shape index (κ1) is 11.0. The van der Waals surface area contributed by atoms with Crippen LogP contribution in [0.5, 0.6) is 5.75 Å². The number of benzene rings is 1. The van der Waals surface area contributed by atoms with Crippen LogP contribution >= 0.6 is 15.9 Å². The van der Waals surface area contributed by atoms with Gasteiger partial charge in [-0.2, -0.15) is 5.26 Å². The second kappa shape index (κ2) is 4.99. The zero-order valence-electron chi connectivity index (χ0n) is 8.00. The highest BCUT2D eigenvalue weighted by atomic mass is 79.9. The third-order valence-corrected chi connectivity index (χ3v) is 2.42. The normalized spacial score (nSPS) is 9.57. The molecule has 74 valence electrons. The molecule has 3 nitrogen and oxygen atoms in total. The van der Waals surface area contributed by atoms with E-state index in [-0.39, 0.29) is 0 Å². The lowest BCUT2D eigenvalue weighted by Gasteiger charge is -2.08. The van der Waals surface area contributed by atoms with Crippen molar-refractivity contribution in [3.8, 4) is 11.8 Å². The molecule has 14 heavy (non-hydrogen) atoms. The third-order valence-electron chi connectivity index (χ3n) is 1.80. The highest BCUT2D eigenvalue weighted by molar-refractivity contribution is 9.10. The predicted octanol–water partition coefficient (Wildman–Crippen LogP) is 2.48. The number of nitriles is 1. The van der Waals surface area contributed by atoms with Crippen LogP contribution in [0.1, 0.15) is 11.1 Å². The quantitative estimate of drug-likeness (QED) is 0.834. The van der Waals surface area contributed by atoms with Crippen LogP contribution in [0.4, 0.5) is 0 Å². The molecule has 0 fully saturated rings. The van der Waals surface area contributed by atoms with Gasteiger partial charge >= 0.3 is 0 Å². The van der Waals surface area contributed by atoms with E-state index in [2.05, 4.69) is 22.0 Å². The summed E-state index contributed by atoms with van der Waals surface area (Å²) < 4.78 is 10.9. The highest BCUT2D eigenvalue weighted by Gasteiger charge is 2.07. The van der Waals surface area contributed by atoms with Crippen molar-refractivity contribution in [3.63, 3.8) is 0 Å². The summed E-state index contributed by atoms with van der Waals surface area (Å²) in [6.45, 7) is 0.409. The maximum Gasteiger partial charge on any atom is 0.133 e. The number of ether oxygens (including phenoxy) is 2. The van der Waals surface area contributed by atoms with E-state index in [1.165, 1.54) is 0 Å². The van der Waals surface area contributed by atoms with E-state index in [1.807, 2.05) is 0 Å². The largest absolute Gasteiger partial charge is 0.496 e. The van der Waals surface area contributed by atoms with Crippen LogP contribution in [0, 0.1) is 11.3 Å². The van der Waals surface area contributed by atoms with Gasteiger partial charge in [-0.1, -0.05) is 0 Å². The molecule has 1 rings (SSSR count). The number of nitrogens with zero attached hydrogens (tertiary/aromatic N) is 1. The summed E-state index contributed by atoms with van der Waals surface area (Å²) in [6, 6.07) is 5.63. The predicted molar refractivity (Wildman–Crippen MR) is 56.1 cm³/mol. The Morgan fingerprint density at radius 2 is 2.14 bits per heavy atom. The molecule has 0 atom stereocenters. The lowest BCUT2D eigenvalue weighted by molar-refractivity contribution is 0.184. The Morgan fingerprint density at radius 3 is 2.64 bits per heavy atom. The van der Waals surface area contributed by atoms with Gasteiger partial charge in [-0.3, -0.25) is 0 Å². The van der Waals surface area contributed by atoms with Crippen molar-refractivity contribution in [2.45, 2.75) is 6.61 Å². The van der Waals surface area contributed by atoms with Crippen molar-refractivity contribution in [2.75, 3.05) is 14.2 Å². The third kappa shape index (κ3) is 2.25. The minimum absolute atomic E-state index is 0.409. The van der Waals surface area contributed by atoms with Gasteiger partial charge in [0.1, 0.15) is 5.75 Å². The lowest BCUT2D eigenvalue weighted by Crippen LogP contribution is -1.95. The zero-order chi connectivity index (χ0) is 10.6. The molecule has 0 aliphatic carbocycles. The van der Waals surface area contributed by atoms with Gasteiger partial charge in [0.05, 0.1) is 29.8 Å². The number of halogens is 1. The Kier molecular flexibility index (Phi) is 3.93. The molecule has 0 aliphatic heterocycles. The monoisotopic (exact) mass is 255 g/mol. The molecule has 0 unspecified atom stereocenters. The van der Waals surface area contributed by atoms with E-state index >= 15 is 0 Å². The van der Waals surface area contributed by atoms with Crippen molar-refractivity contribution in [3.05, 3.63) is 27.7 Å². The molecule has 0 spiro atoms. The van der Waals surface area contributed by atoms with Crippen LogP contribution in [0.2, 0.25) is 0 Å². The average Bonchev–Trinajstić information content (AvgIpc) is 2.20. The summed E-state index contributed by atoms with van der Waals surface area (Å²) in [7, 11) is 3.18. The smallest absolute Gasteiger partial charge is 0.133 e. The first-order valence-electron chi connectivity index (χ1n) is 3.98. The Bertz CT molecular complexity index is 371. The highest BCUT2D eigenvalue weighted by Crippen LogP contribution is 2.28. The summed E-state index contributed by atoms with van der Waals surface area (Å²) in [5.41, 5.74) is 1.43. The fourth-order valence-corrected chi connectivity index (χ4v) is 1.64. The fourth-order valence-electron chi connectivity index (χ4n) is 1.13. The van der Waals surface area contributed by atoms with Gasteiger partial charge in [0, 0.05) is 7.11 Å². The molecule has 4 heteroatoms. The van der Waals surface area contributed by atoms with Crippen LogP contribution in [0.15, 0.2) is 16.6 Å². The molecule has 0 saturated carbocycles. The molecule has 1 aromatic carbocycles. The molecule has 0 bridgehead atoms. The van der Waals surface area contributed by atoms with Crippen molar-refractivity contribution < 1.29 is 9.47 Å². The molecule has 0 aromatic heterocycles. The van der Waals surface area contributed by atoms with Crippen molar-refractivity contribution in [1.29, 1.82) is 5.26 Å². The molecule has 0 heterocycles. The second-order valence-electron chi connectivity index (χ2n) is 2.69. The van der Waals surface area contributed by atoms with Crippen LogP contribution in [0.3, 0.4) is 0 Å². The lowest BCUT2D eigenvalue weighted by atomic mass is 10.1. The van der Waals surface area contributed by atoms with E-state index in [1.54, 1.807) is 26.4 Å². The van der Waals surface area contributed by atoms with Crippen LogP contribution in [-0.2, 0) is 11.3 Å². The van der Waals surface area contributed by atoms with Gasteiger partial charge in [0.2, 0.25) is 0 Å². The molecule has 0 aliphatic rings. The van der Waals surface area contributed by atoms with E-state index in [9.17, 15) is 0 Å². The number of hydrogen-bond acceptors (Lipinski definition) is 3. The van der Waals surface area contributed by atoms with Crippen molar-refractivity contribution >= 4 is 15.9 Å². The van der Waals surface area contributed by atoms with E-state index in [0.717, 1.165) is 10.0 Å². The summed E-state index contributed by atoms with van der Waals surface area (Å²) in [6.07, 6.45) is 0. The van der Waals surface area contributed by atoms with Gasteiger partial charge in [0.15, 0.2) is 0 Å². The first-order valence-corrected chi connectivity index (χ1v) is 4.77. The SMILES string of the molecule is COCc1cc(OC)c(Br)cc1C#N. The Balaban J connectivity index is 3.19. The van der Waals surface area contributed by atoms with Crippen LogP contribution in [0.25, 0.3) is 0 Å². The number of hydrogen-bond donors (Lipinski definition) is 0. The maximum atomic E-state index is 8.87. The standard InChI is InChI=1S/C10H10BrNO2/c1-13-6-8-4-10(14-2)9(11)3-7(8)5-12/h3-4H,6H2,1-2H3. The van der Waals surface area contributed by atoms with Gasteiger partial charge in [-0.05, 0) is 33.6 Å². The molecule has 0 amide bonds. The average molecular weight is 256 g/mol. The molecule has 0 saturated heterocycles. The zero-order valence-corrected chi connectivity index (χ0v) is 9.59. The minimum Gasteiger partial charge on any atom is -0.496 e. The topological polar surface area (TPSA) is 42.2 Å². The molecular weight excluding hydrogens is 246 g/mol. The summed E-state index contributed by atoms with van der Waals surface area (Å²) >= 11 is 3.32. The number of methoxy groups -OCH3 is 2. The van der Waals surface area contributed by atoms with Gasteiger partial charge in [-0.25, -0.2) is 0 Å². The van der Waals surface area contributed by atoms with E-state index in [4.69, 9.17) is 14.7 Å². The summed E-state index contributed by atoms with van der Waals surface area (Å²) in [4.78, 5) is 0. The summed E-state index contributed by atoms with van der Waals surface area (Å²) in [5.74, 6) is 0.705. The van der Waals surface area contributed by atoms with Gasteiger partial charge in [-0.15, -0.1) is 0 Å². The van der Waals surface area contributed by atoms with Gasteiger partial charge in [0.25, 0.3) is 0 Å². The van der Waals surface area contributed by atoms with E-state index < -0.39 is 0 Å². The Morgan fingerprint density at radius 1 is 1.43 bits per heavy atom. The van der Waals surface area contributed by atoms with Crippen LogP contribution in [-0.4, -0.2) is 14.2 Å². The Hall–Kier alpha value is -1.05. The van der Waals surface area contributed by atoms with Crippen molar-refractivity contribution in [1.82, 2.24) is 0 Å². The molecular formula is C10H10BrNO2. The van der Waals surface area contributed by atoms with E-state index in [0.29, 0.717) is 17.9 Å². The maximum absolute atomic E-state index is 8.87. The molecule has 1 aromatic rings. The first-order chi connectivity index (χ1) is 6.72. The minimum atomic E-state index is 0.409. The fraction of sp³-hybridized carbons (Fsp3) is 0.300. The summed E-state index contributed by atoms with van der Waals surface area (Å²) in [5, 5.41) is 8.87. The Labute approximate surface area is 91.4 Å².